The van der Waals surface area contributed by atoms with Gasteiger partial charge in [0, 0.05) is 24.1 Å². The summed E-state index contributed by atoms with van der Waals surface area (Å²) in [5, 5.41) is 5.79. The molecule has 0 aliphatic carbocycles. The Bertz CT molecular complexity index is 1070. The first-order chi connectivity index (χ1) is 14.1. The number of anilines is 2. The second-order valence-corrected chi connectivity index (χ2v) is 10.3. The van der Waals surface area contributed by atoms with Gasteiger partial charge in [-0.3, -0.25) is 9.59 Å². The molecule has 0 atom stereocenters. The van der Waals surface area contributed by atoms with E-state index < -0.39 is 0 Å². The van der Waals surface area contributed by atoms with Crippen molar-refractivity contribution >= 4 is 68.4 Å². The number of amides is 2. The first-order valence-corrected chi connectivity index (χ1v) is 11.6. The lowest BCUT2D eigenvalue weighted by molar-refractivity contribution is 0.101. The van der Waals surface area contributed by atoms with Crippen molar-refractivity contribution in [3.05, 3.63) is 90.6 Å². The predicted octanol–water partition coefficient (Wildman–Crippen LogP) is 6.70. The van der Waals surface area contributed by atoms with Gasteiger partial charge in [-0.25, -0.2) is 0 Å². The van der Waals surface area contributed by atoms with Crippen molar-refractivity contribution in [1.82, 2.24) is 0 Å². The van der Waals surface area contributed by atoms with Crippen LogP contribution in [-0.4, -0.2) is 11.8 Å². The lowest BCUT2D eigenvalue weighted by Crippen LogP contribution is -2.15. The highest BCUT2D eigenvalue weighted by Crippen LogP contribution is 2.23. The second-order valence-electron chi connectivity index (χ2n) is 7.94. The quantitative estimate of drug-likeness (QED) is 0.318. The maximum atomic E-state index is 12.5. The maximum absolute atomic E-state index is 12.5. The van der Waals surface area contributed by atoms with E-state index in [4.69, 9.17) is 0 Å². The van der Waals surface area contributed by atoms with E-state index in [1.165, 1.54) is 5.56 Å². The molecule has 0 spiro atoms. The van der Waals surface area contributed by atoms with Gasteiger partial charge in [-0.15, -0.1) is 0 Å². The molecule has 6 heteroatoms. The number of rotatable bonds is 4. The van der Waals surface area contributed by atoms with Crippen LogP contribution in [0.4, 0.5) is 11.4 Å². The van der Waals surface area contributed by atoms with E-state index in [1.54, 1.807) is 24.3 Å². The van der Waals surface area contributed by atoms with Crippen LogP contribution in [0, 0.1) is 7.14 Å². The summed E-state index contributed by atoms with van der Waals surface area (Å²) in [6.45, 7) is 6.42. The van der Waals surface area contributed by atoms with Gasteiger partial charge in [0.25, 0.3) is 11.8 Å². The summed E-state index contributed by atoms with van der Waals surface area (Å²) in [4.78, 5) is 25.1. The molecule has 0 fully saturated rings. The van der Waals surface area contributed by atoms with E-state index in [0.29, 0.717) is 22.5 Å². The topological polar surface area (TPSA) is 58.2 Å². The van der Waals surface area contributed by atoms with Crippen molar-refractivity contribution in [3.8, 4) is 0 Å². The fourth-order valence-corrected chi connectivity index (χ4v) is 3.90. The average molecular weight is 624 g/mol. The molecule has 0 saturated heterocycles. The molecule has 0 saturated carbocycles. The van der Waals surface area contributed by atoms with E-state index in [2.05, 4.69) is 76.6 Å². The number of nitrogens with one attached hydrogen (secondary N) is 2. The fourth-order valence-electron chi connectivity index (χ4n) is 2.83. The lowest BCUT2D eigenvalue weighted by Gasteiger charge is -2.19. The Balaban J connectivity index is 1.65. The number of hydrogen-bond donors (Lipinski definition) is 2. The zero-order chi connectivity index (χ0) is 21.9. The van der Waals surface area contributed by atoms with Gasteiger partial charge in [0.15, 0.2) is 0 Å². The lowest BCUT2D eigenvalue weighted by atomic mass is 9.87. The Morgan fingerprint density at radius 2 is 1.27 bits per heavy atom. The van der Waals surface area contributed by atoms with Crippen molar-refractivity contribution in [1.29, 1.82) is 0 Å². The molecule has 154 valence electrons. The van der Waals surface area contributed by atoms with Gasteiger partial charge in [0.05, 0.1) is 5.56 Å². The molecule has 0 radical (unpaired) electrons. The van der Waals surface area contributed by atoms with Gasteiger partial charge in [0.1, 0.15) is 0 Å². The molecule has 2 N–H and O–H groups in total. The zero-order valence-corrected chi connectivity index (χ0v) is 21.2. The highest BCUT2D eigenvalue weighted by Gasteiger charge is 2.15. The minimum Gasteiger partial charge on any atom is -0.322 e. The molecule has 0 bridgehead atoms. The summed E-state index contributed by atoms with van der Waals surface area (Å²) in [6.07, 6.45) is 0. The summed E-state index contributed by atoms with van der Waals surface area (Å²) >= 11 is 4.34. The van der Waals surface area contributed by atoms with E-state index in [1.807, 2.05) is 42.5 Å². The normalized spacial score (nSPS) is 11.1. The molecular weight excluding hydrogens is 602 g/mol. The van der Waals surface area contributed by atoms with Gasteiger partial charge in [0.2, 0.25) is 0 Å². The number of hydrogen-bond acceptors (Lipinski definition) is 2. The molecular formula is C24H22I2N2O2. The van der Waals surface area contributed by atoms with Crippen LogP contribution in [-0.2, 0) is 5.41 Å². The van der Waals surface area contributed by atoms with Gasteiger partial charge >= 0.3 is 0 Å². The van der Waals surface area contributed by atoms with E-state index >= 15 is 0 Å². The van der Waals surface area contributed by atoms with Crippen molar-refractivity contribution < 1.29 is 9.59 Å². The molecule has 3 aromatic rings. The summed E-state index contributed by atoms with van der Waals surface area (Å²) < 4.78 is 1.90. The minimum atomic E-state index is -0.166. The third kappa shape index (κ3) is 5.81. The highest BCUT2D eigenvalue weighted by atomic mass is 127. The Hall–Kier alpha value is -1.94. The smallest absolute Gasteiger partial charge is 0.256 e. The zero-order valence-electron chi connectivity index (χ0n) is 16.9. The van der Waals surface area contributed by atoms with Crippen molar-refractivity contribution in [2.45, 2.75) is 26.2 Å². The van der Waals surface area contributed by atoms with Crippen LogP contribution >= 0.6 is 45.2 Å². The number of halogens is 2. The van der Waals surface area contributed by atoms with Crippen LogP contribution in [0.5, 0.6) is 0 Å². The third-order valence-electron chi connectivity index (χ3n) is 4.59. The minimum absolute atomic E-state index is 0.0470. The molecule has 30 heavy (non-hydrogen) atoms. The summed E-state index contributed by atoms with van der Waals surface area (Å²) in [7, 11) is 0. The second kappa shape index (κ2) is 9.47. The molecule has 0 aliphatic rings. The Labute approximate surface area is 204 Å². The standard InChI is InChI=1S/C24H22I2N2O2/c1-24(2,3)16-6-4-15(5-7-16)22(29)27-18-9-11-19(12-10-18)28-23(30)20-14-17(25)8-13-21(20)26/h4-14H,1-3H3,(H,27,29)(H,28,30). The van der Waals surface area contributed by atoms with E-state index in [0.717, 1.165) is 7.14 Å². The Kier molecular flexibility index (Phi) is 7.18. The molecule has 0 aromatic heterocycles. The van der Waals surface area contributed by atoms with Crippen LogP contribution in [0.1, 0.15) is 47.1 Å². The molecule has 0 aliphatic heterocycles. The van der Waals surface area contributed by atoms with Gasteiger partial charge in [-0.1, -0.05) is 32.9 Å². The van der Waals surface area contributed by atoms with Crippen molar-refractivity contribution in [2.24, 2.45) is 0 Å². The molecule has 0 heterocycles. The van der Waals surface area contributed by atoms with Gasteiger partial charge < -0.3 is 10.6 Å². The van der Waals surface area contributed by atoms with E-state index in [9.17, 15) is 9.59 Å². The maximum Gasteiger partial charge on any atom is 0.256 e. The first kappa shape index (κ1) is 22.7. The summed E-state index contributed by atoms with van der Waals surface area (Å²) in [5.74, 6) is -0.325. The van der Waals surface area contributed by atoms with Crippen LogP contribution < -0.4 is 10.6 Å². The molecule has 4 nitrogen and oxygen atoms in total. The molecule has 2 amide bonds. The molecule has 3 aromatic carbocycles. The predicted molar refractivity (Wildman–Crippen MR) is 139 cm³/mol. The van der Waals surface area contributed by atoms with Crippen molar-refractivity contribution in [3.63, 3.8) is 0 Å². The Morgan fingerprint density at radius 1 is 0.733 bits per heavy atom. The monoisotopic (exact) mass is 624 g/mol. The first-order valence-electron chi connectivity index (χ1n) is 9.42. The van der Waals surface area contributed by atoms with Crippen LogP contribution in [0.2, 0.25) is 0 Å². The van der Waals surface area contributed by atoms with Crippen LogP contribution in [0.15, 0.2) is 66.7 Å². The highest BCUT2D eigenvalue weighted by molar-refractivity contribution is 14.1. The molecule has 3 rings (SSSR count). The largest absolute Gasteiger partial charge is 0.322 e. The van der Waals surface area contributed by atoms with Crippen molar-refractivity contribution in [2.75, 3.05) is 10.6 Å². The summed E-state index contributed by atoms with van der Waals surface area (Å²) in [6, 6.07) is 20.5. The van der Waals surface area contributed by atoms with Gasteiger partial charge in [-0.2, -0.15) is 0 Å². The third-order valence-corrected chi connectivity index (χ3v) is 6.20. The van der Waals surface area contributed by atoms with Gasteiger partial charge in [-0.05, 0) is 111 Å². The number of benzene rings is 3. The number of carbonyl (C=O) groups is 2. The Morgan fingerprint density at radius 3 is 1.80 bits per heavy atom. The SMILES string of the molecule is CC(C)(C)c1ccc(C(=O)Nc2ccc(NC(=O)c3cc(I)ccc3I)cc2)cc1. The van der Waals surface area contributed by atoms with E-state index in [-0.39, 0.29) is 17.2 Å². The molecule has 0 unspecified atom stereocenters. The van der Waals surface area contributed by atoms with Crippen LogP contribution in [0.25, 0.3) is 0 Å². The number of carbonyl (C=O) groups excluding carboxylic acids is 2. The average Bonchev–Trinajstić information content (AvgIpc) is 2.70. The van der Waals surface area contributed by atoms with Crippen LogP contribution in [0.3, 0.4) is 0 Å². The fraction of sp³-hybridized carbons (Fsp3) is 0.167. The summed E-state index contributed by atoms with van der Waals surface area (Å²) in [5.41, 5.74) is 3.81.